The molecule has 4 heteroatoms. The normalized spacial score (nSPS) is 12.1. The molecule has 0 amide bonds. The third-order valence-corrected chi connectivity index (χ3v) is 4.89. The minimum Gasteiger partial charge on any atom is -0.310 e. The summed E-state index contributed by atoms with van der Waals surface area (Å²) in [5, 5.41) is 5.45. The second-order valence-corrected chi connectivity index (χ2v) is 8.20. The molecular weight excluding hydrogens is 260 g/mol. The van der Waals surface area contributed by atoms with Gasteiger partial charge in [-0.25, -0.2) is 4.98 Å². The van der Waals surface area contributed by atoms with Crippen molar-refractivity contribution < 1.29 is 0 Å². The monoisotopic (exact) mass is 286 g/mol. The molecule has 1 aromatic heterocycles. The fraction of sp³-hybridized carbons (Fsp3) is 0.786. The number of rotatable bonds is 7. The van der Waals surface area contributed by atoms with Crippen LogP contribution in [0.3, 0.4) is 0 Å². The van der Waals surface area contributed by atoms with Gasteiger partial charge in [0.2, 0.25) is 0 Å². The molecule has 0 atom stereocenters. The van der Waals surface area contributed by atoms with Gasteiger partial charge in [0.25, 0.3) is 0 Å². The molecule has 0 fully saturated rings. The first-order valence-electron chi connectivity index (χ1n) is 6.73. The van der Waals surface area contributed by atoms with Crippen molar-refractivity contribution in [3.63, 3.8) is 0 Å². The predicted molar refractivity (Wildman–Crippen MR) is 84.6 cm³/mol. The van der Waals surface area contributed by atoms with E-state index in [2.05, 4.69) is 46.9 Å². The SMILES string of the molecule is CC(C)NCc1sc(CSC(C)C)nc1C(C)C. The maximum Gasteiger partial charge on any atom is 0.103 e. The minimum atomic E-state index is 0.517. The average Bonchev–Trinajstić information content (AvgIpc) is 2.67. The zero-order valence-electron chi connectivity index (χ0n) is 12.4. The van der Waals surface area contributed by atoms with Crippen molar-refractivity contribution >= 4 is 23.1 Å². The Morgan fingerprint density at radius 1 is 1.17 bits per heavy atom. The first kappa shape index (κ1) is 16.0. The highest BCUT2D eigenvalue weighted by Crippen LogP contribution is 2.28. The number of thiazole rings is 1. The predicted octanol–water partition coefficient (Wildman–Crippen LogP) is 4.41. The molecule has 0 radical (unpaired) electrons. The van der Waals surface area contributed by atoms with E-state index in [4.69, 9.17) is 4.98 Å². The van der Waals surface area contributed by atoms with Gasteiger partial charge in [-0.2, -0.15) is 11.8 Å². The standard InChI is InChI=1S/C14H26N2S2/c1-9(2)14-12(7-15-10(3)4)18-13(16-14)8-17-11(5)6/h9-11,15H,7-8H2,1-6H3. The van der Waals surface area contributed by atoms with Gasteiger partial charge in [-0.05, 0) is 11.2 Å². The molecule has 0 spiro atoms. The molecule has 18 heavy (non-hydrogen) atoms. The fourth-order valence-corrected chi connectivity index (χ4v) is 3.54. The summed E-state index contributed by atoms with van der Waals surface area (Å²) in [4.78, 5) is 6.23. The number of thioether (sulfide) groups is 1. The second kappa shape index (κ2) is 7.51. The lowest BCUT2D eigenvalue weighted by Gasteiger charge is -2.09. The Labute approximate surface area is 120 Å². The van der Waals surface area contributed by atoms with Crippen LogP contribution in [0.15, 0.2) is 0 Å². The summed E-state index contributed by atoms with van der Waals surface area (Å²) in [6.45, 7) is 14.3. The van der Waals surface area contributed by atoms with Gasteiger partial charge in [0.15, 0.2) is 0 Å². The lowest BCUT2D eigenvalue weighted by molar-refractivity contribution is 0.588. The van der Waals surface area contributed by atoms with Crippen LogP contribution in [0.4, 0.5) is 0 Å². The molecule has 104 valence electrons. The molecule has 0 aliphatic heterocycles. The van der Waals surface area contributed by atoms with Crippen LogP contribution in [0.5, 0.6) is 0 Å². The Bertz CT molecular complexity index is 357. The number of nitrogens with zero attached hydrogens (tertiary/aromatic N) is 1. The molecule has 0 aliphatic rings. The van der Waals surface area contributed by atoms with Gasteiger partial charge in [0.05, 0.1) is 5.69 Å². The van der Waals surface area contributed by atoms with Crippen LogP contribution < -0.4 is 5.32 Å². The summed E-state index contributed by atoms with van der Waals surface area (Å²) in [6, 6.07) is 0.528. The lowest BCUT2D eigenvalue weighted by atomic mass is 10.1. The first-order chi connectivity index (χ1) is 8.40. The topological polar surface area (TPSA) is 24.9 Å². The summed E-state index contributed by atoms with van der Waals surface area (Å²) >= 11 is 3.85. The third kappa shape index (κ3) is 5.29. The summed E-state index contributed by atoms with van der Waals surface area (Å²) in [7, 11) is 0. The summed E-state index contributed by atoms with van der Waals surface area (Å²) < 4.78 is 0. The Kier molecular flexibility index (Phi) is 6.67. The van der Waals surface area contributed by atoms with Crippen molar-refractivity contribution in [3.05, 3.63) is 15.6 Å². The minimum absolute atomic E-state index is 0.517. The summed E-state index contributed by atoms with van der Waals surface area (Å²) in [6.07, 6.45) is 0. The molecule has 1 heterocycles. The van der Waals surface area contributed by atoms with Gasteiger partial charge >= 0.3 is 0 Å². The fourth-order valence-electron chi connectivity index (χ4n) is 1.59. The summed E-state index contributed by atoms with van der Waals surface area (Å²) in [5.74, 6) is 1.56. The second-order valence-electron chi connectivity index (χ2n) is 5.47. The van der Waals surface area contributed by atoms with E-state index in [0.29, 0.717) is 17.2 Å². The molecule has 0 bridgehead atoms. The van der Waals surface area contributed by atoms with Crippen molar-refractivity contribution in [2.75, 3.05) is 0 Å². The molecule has 0 saturated carbocycles. The van der Waals surface area contributed by atoms with Crippen molar-refractivity contribution in [2.24, 2.45) is 0 Å². The molecule has 0 aliphatic carbocycles. The molecule has 1 rings (SSSR count). The van der Waals surface area contributed by atoms with Crippen LogP contribution in [0, 0.1) is 0 Å². The highest BCUT2D eigenvalue weighted by Gasteiger charge is 2.14. The van der Waals surface area contributed by atoms with E-state index in [1.165, 1.54) is 15.6 Å². The molecule has 0 aromatic carbocycles. The molecule has 1 aromatic rings. The quantitative estimate of drug-likeness (QED) is 0.804. The lowest BCUT2D eigenvalue weighted by Crippen LogP contribution is -2.22. The maximum absolute atomic E-state index is 4.82. The first-order valence-corrected chi connectivity index (χ1v) is 8.60. The Balaban J connectivity index is 2.73. The number of hydrogen-bond acceptors (Lipinski definition) is 4. The Morgan fingerprint density at radius 3 is 2.33 bits per heavy atom. The van der Waals surface area contributed by atoms with Crippen LogP contribution >= 0.6 is 23.1 Å². The van der Waals surface area contributed by atoms with Crippen LogP contribution in [0.2, 0.25) is 0 Å². The maximum atomic E-state index is 4.82. The van der Waals surface area contributed by atoms with Crippen LogP contribution in [-0.4, -0.2) is 16.3 Å². The number of nitrogens with one attached hydrogen (secondary N) is 1. The van der Waals surface area contributed by atoms with E-state index in [-0.39, 0.29) is 0 Å². The van der Waals surface area contributed by atoms with Crippen molar-refractivity contribution in [1.82, 2.24) is 10.3 Å². The van der Waals surface area contributed by atoms with Crippen molar-refractivity contribution in [1.29, 1.82) is 0 Å². The van der Waals surface area contributed by atoms with E-state index in [9.17, 15) is 0 Å². The third-order valence-electron chi connectivity index (χ3n) is 2.53. The van der Waals surface area contributed by atoms with Gasteiger partial charge in [-0.1, -0.05) is 41.5 Å². The van der Waals surface area contributed by atoms with E-state index >= 15 is 0 Å². The molecule has 0 saturated heterocycles. The van der Waals surface area contributed by atoms with E-state index < -0.39 is 0 Å². The molecule has 0 unspecified atom stereocenters. The van der Waals surface area contributed by atoms with Gasteiger partial charge in [0, 0.05) is 23.2 Å². The van der Waals surface area contributed by atoms with Crippen LogP contribution in [0.1, 0.15) is 63.0 Å². The number of aromatic nitrogens is 1. The molecule has 1 N–H and O–H groups in total. The smallest absolute Gasteiger partial charge is 0.103 e. The van der Waals surface area contributed by atoms with Crippen LogP contribution in [-0.2, 0) is 12.3 Å². The Morgan fingerprint density at radius 2 is 1.83 bits per heavy atom. The van der Waals surface area contributed by atoms with Crippen molar-refractivity contribution in [3.8, 4) is 0 Å². The van der Waals surface area contributed by atoms with Gasteiger partial charge in [0.1, 0.15) is 5.01 Å². The largest absolute Gasteiger partial charge is 0.310 e. The van der Waals surface area contributed by atoms with E-state index in [1.807, 2.05) is 23.1 Å². The van der Waals surface area contributed by atoms with Gasteiger partial charge in [-0.15, -0.1) is 11.3 Å². The average molecular weight is 287 g/mol. The number of hydrogen-bond donors (Lipinski definition) is 1. The van der Waals surface area contributed by atoms with Crippen molar-refractivity contribution in [2.45, 2.75) is 71.0 Å². The summed E-state index contributed by atoms with van der Waals surface area (Å²) in [5.41, 5.74) is 1.28. The zero-order chi connectivity index (χ0) is 13.7. The van der Waals surface area contributed by atoms with Gasteiger partial charge < -0.3 is 5.32 Å². The van der Waals surface area contributed by atoms with E-state index in [0.717, 1.165) is 12.3 Å². The zero-order valence-corrected chi connectivity index (χ0v) is 14.0. The van der Waals surface area contributed by atoms with Crippen LogP contribution in [0.25, 0.3) is 0 Å². The van der Waals surface area contributed by atoms with Gasteiger partial charge in [-0.3, -0.25) is 0 Å². The molecular formula is C14H26N2S2. The highest BCUT2D eigenvalue weighted by atomic mass is 32.2. The highest BCUT2D eigenvalue weighted by molar-refractivity contribution is 7.99. The van der Waals surface area contributed by atoms with E-state index in [1.54, 1.807) is 0 Å². The molecule has 2 nitrogen and oxygen atoms in total. The Hall–Kier alpha value is -0.0600.